The molecule has 1 aromatic carbocycles. The predicted molar refractivity (Wildman–Crippen MR) is 86.1 cm³/mol. The molecular weight excluding hydrogens is 315 g/mol. The molecule has 1 aliphatic rings. The van der Waals surface area contributed by atoms with E-state index in [4.69, 9.17) is 0 Å². The van der Waals surface area contributed by atoms with Crippen LogP contribution in [0.4, 0.5) is 4.39 Å². The third kappa shape index (κ3) is 3.43. The maximum Gasteiger partial charge on any atom is 0.243 e. The first kappa shape index (κ1) is 16.1. The van der Waals surface area contributed by atoms with Gasteiger partial charge in [-0.2, -0.15) is 8.70 Å². The molecule has 1 fully saturated rings. The van der Waals surface area contributed by atoms with E-state index in [1.54, 1.807) is 30.3 Å². The van der Waals surface area contributed by atoms with Gasteiger partial charge in [0.15, 0.2) is 0 Å². The van der Waals surface area contributed by atoms with Crippen molar-refractivity contribution in [1.82, 2.24) is 9.29 Å². The molecule has 2 heterocycles. The minimum atomic E-state index is -3.45. The highest BCUT2D eigenvalue weighted by Gasteiger charge is 2.29. The third-order valence-electron chi connectivity index (χ3n) is 4.33. The molecule has 0 spiro atoms. The van der Waals surface area contributed by atoms with Crippen LogP contribution in [0.15, 0.2) is 47.5 Å². The van der Waals surface area contributed by atoms with E-state index in [0.717, 1.165) is 11.1 Å². The third-order valence-corrected chi connectivity index (χ3v) is 6.25. The number of aromatic nitrogens is 1. The summed E-state index contributed by atoms with van der Waals surface area (Å²) in [4.78, 5) is 3.89. The fourth-order valence-electron chi connectivity index (χ4n) is 2.96. The van der Waals surface area contributed by atoms with Gasteiger partial charge in [0.05, 0.1) is 4.90 Å². The quantitative estimate of drug-likeness (QED) is 0.811. The highest BCUT2D eigenvalue weighted by atomic mass is 32.2. The van der Waals surface area contributed by atoms with E-state index in [2.05, 4.69) is 4.98 Å². The van der Waals surface area contributed by atoms with Crippen molar-refractivity contribution < 1.29 is 12.8 Å². The van der Waals surface area contributed by atoms with Crippen LogP contribution in [0.3, 0.4) is 0 Å². The molecule has 3 rings (SSSR count). The zero-order chi connectivity index (χ0) is 16.4. The number of nitrogens with zero attached hydrogens (tertiary/aromatic N) is 2. The highest BCUT2D eigenvalue weighted by Crippen LogP contribution is 2.30. The Morgan fingerprint density at radius 2 is 1.78 bits per heavy atom. The average Bonchev–Trinajstić information content (AvgIpc) is 2.55. The summed E-state index contributed by atoms with van der Waals surface area (Å²) in [6.45, 7) is 2.82. The minimum Gasteiger partial charge on any atom is -0.228 e. The Bertz CT molecular complexity index is 782. The Morgan fingerprint density at radius 1 is 1.13 bits per heavy atom. The van der Waals surface area contributed by atoms with Crippen molar-refractivity contribution >= 4 is 10.0 Å². The predicted octanol–water partition coefficient (Wildman–Crippen LogP) is 3.10. The minimum absolute atomic E-state index is 0.178. The van der Waals surface area contributed by atoms with Gasteiger partial charge in [0, 0.05) is 19.3 Å². The van der Waals surface area contributed by atoms with Crippen LogP contribution in [0.25, 0.3) is 0 Å². The Morgan fingerprint density at radius 3 is 2.39 bits per heavy atom. The van der Waals surface area contributed by atoms with Gasteiger partial charge in [0.25, 0.3) is 0 Å². The summed E-state index contributed by atoms with van der Waals surface area (Å²) in [5.74, 6) is -0.311. The van der Waals surface area contributed by atoms with Gasteiger partial charge >= 0.3 is 0 Å². The van der Waals surface area contributed by atoms with Gasteiger partial charge in [-0.05, 0) is 55.5 Å². The van der Waals surface area contributed by atoms with Crippen molar-refractivity contribution in [2.24, 2.45) is 0 Å². The van der Waals surface area contributed by atoms with Gasteiger partial charge in [-0.25, -0.2) is 13.4 Å². The van der Waals surface area contributed by atoms with Crippen molar-refractivity contribution in [3.63, 3.8) is 0 Å². The summed E-state index contributed by atoms with van der Waals surface area (Å²) in [5.41, 5.74) is 1.92. The Labute approximate surface area is 136 Å². The van der Waals surface area contributed by atoms with E-state index in [9.17, 15) is 12.8 Å². The van der Waals surface area contributed by atoms with Crippen molar-refractivity contribution in [2.45, 2.75) is 30.6 Å². The molecule has 0 amide bonds. The first-order chi connectivity index (χ1) is 11.0. The number of benzene rings is 1. The second-order valence-electron chi connectivity index (χ2n) is 5.90. The van der Waals surface area contributed by atoms with Crippen LogP contribution >= 0.6 is 0 Å². The van der Waals surface area contributed by atoms with Crippen molar-refractivity contribution in [2.75, 3.05) is 13.1 Å². The highest BCUT2D eigenvalue weighted by molar-refractivity contribution is 7.89. The Balaban J connectivity index is 1.72. The first-order valence-corrected chi connectivity index (χ1v) is 9.09. The largest absolute Gasteiger partial charge is 0.243 e. The number of hydrogen-bond acceptors (Lipinski definition) is 3. The number of piperidine rings is 1. The number of hydrogen-bond donors (Lipinski definition) is 0. The van der Waals surface area contributed by atoms with Gasteiger partial charge < -0.3 is 0 Å². The molecule has 2 aromatic rings. The summed E-state index contributed by atoms with van der Waals surface area (Å²) < 4.78 is 40.0. The van der Waals surface area contributed by atoms with Crippen LogP contribution in [-0.2, 0) is 10.0 Å². The number of pyridine rings is 1. The van der Waals surface area contributed by atoms with Crippen LogP contribution in [-0.4, -0.2) is 30.8 Å². The lowest BCUT2D eigenvalue weighted by molar-refractivity contribution is 0.319. The maximum absolute atomic E-state index is 13.2. The standard InChI is InChI=1S/C17H19FN2O2S/c1-13-2-4-16(5-3-13)23(21,22)20-10-7-14(8-11-20)15-6-9-19-17(18)12-15/h2-6,9,12,14H,7-8,10-11H2,1H3. The lowest BCUT2D eigenvalue weighted by Gasteiger charge is -2.31. The maximum atomic E-state index is 13.2. The molecule has 1 aliphatic heterocycles. The van der Waals surface area contributed by atoms with Gasteiger partial charge in [0.1, 0.15) is 0 Å². The van der Waals surface area contributed by atoms with E-state index in [-0.39, 0.29) is 5.92 Å². The zero-order valence-corrected chi connectivity index (χ0v) is 13.8. The Hall–Kier alpha value is -1.79. The number of rotatable bonds is 3. The summed E-state index contributed by atoms with van der Waals surface area (Å²) >= 11 is 0. The molecular formula is C17H19FN2O2S. The van der Waals surface area contributed by atoms with Crippen molar-refractivity contribution in [1.29, 1.82) is 0 Å². The molecule has 0 atom stereocenters. The van der Waals surface area contributed by atoms with E-state index in [1.807, 2.05) is 6.92 Å². The number of halogens is 1. The summed E-state index contributed by atoms with van der Waals surface area (Å²) in [6, 6.07) is 10.1. The molecule has 1 aromatic heterocycles. The average molecular weight is 334 g/mol. The van der Waals surface area contributed by atoms with Gasteiger partial charge in [-0.3, -0.25) is 0 Å². The van der Waals surface area contributed by atoms with E-state index in [1.165, 1.54) is 16.6 Å². The van der Waals surface area contributed by atoms with Gasteiger partial charge in [-0.15, -0.1) is 0 Å². The van der Waals surface area contributed by atoms with Gasteiger partial charge in [-0.1, -0.05) is 17.7 Å². The van der Waals surface area contributed by atoms with Gasteiger partial charge in [0.2, 0.25) is 16.0 Å². The molecule has 6 heteroatoms. The molecule has 0 bridgehead atoms. The molecule has 0 radical (unpaired) electrons. The van der Waals surface area contributed by atoms with E-state index in [0.29, 0.717) is 30.8 Å². The summed E-state index contributed by atoms with van der Waals surface area (Å²) in [5, 5.41) is 0. The van der Waals surface area contributed by atoms with E-state index < -0.39 is 16.0 Å². The van der Waals surface area contributed by atoms with Crippen molar-refractivity contribution in [3.05, 3.63) is 59.7 Å². The normalized spacial score (nSPS) is 17.3. The summed E-state index contributed by atoms with van der Waals surface area (Å²) in [6.07, 6.45) is 2.84. The van der Waals surface area contributed by atoms with Crippen LogP contribution < -0.4 is 0 Å². The molecule has 122 valence electrons. The lowest BCUT2D eigenvalue weighted by Crippen LogP contribution is -2.37. The number of sulfonamides is 1. The number of aryl methyl sites for hydroxylation is 1. The van der Waals surface area contributed by atoms with Crippen LogP contribution in [0, 0.1) is 12.9 Å². The van der Waals surface area contributed by atoms with Crippen LogP contribution in [0.2, 0.25) is 0 Å². The second-order valence-corrected chi connectivity index (χ2v) is 7.84. The van der Waals surface area contributed by atoms with E-state index >= 15 is 0 Å². The fraction of sp³-hybridized carbons (Fsp3) is 0.353. The molecule has 4 nitrogen and oxygen atoms in total. The molecule has 0 N–H and O–H groups in total. The van der Waals surface area contributed by atoms with Crippen LogP contribution in [0.5, 0.6) is 0 Å². The topological polar surface area (TPSA) is 50.3 Å². The molecule has 0 unspecified atom stereocenters. The molecule has 23 heavy (non-hydrogen) atoms. The molecule has 1 saturated heterocycles. The lowest BCUT2D eigenvalue weighted by atomic mass is 9.91. The first-order valence-electron chi connectivity index (χ1n) is 7.65. The van der Waals surface area contributed by atoms with Crippen LogP contribution in [0.1, 0.15) is 29.9 Å². The zero-order valence-electron chi connectivity index (χ0n) is 12.9. The second kappa shape index (κ2) is 6.37. The SMILES string of the molecule is Cc1ccc(S(=O)(=O)N2CCC(c3ccnc(F)c3)CC2)cc1. The summed E-state index contributed by atoms with van der Waals surface area (Å²) in [7, 11) is -3.45. The Kier molecular flexibility index (Phi) is 4.46. The monoisotopic (exact) mass is 334 g/mol. The smallest absolute Gasteiger partial charge is 0.228 e. The molecule has 0 aliphatic carbocycles. The van der Waals surface area contributed by atoms with Crippen molar-refractivity contribution in [3.8, 4) is 0 Å². The molecule has 0 saturated carbocycles. The fourth-order valence-corrected chi connectivity index (χ4v) is 4.43.